The molecule has 0 saturated heterocycles. The topological polar surface area (TPSA) is 237 Å². The number of ether oxygens (including phenoxy) is 4. The molecule has 0 aromatic rings. The molecule has 0 aliphatic carbocycles. The SMILES string of the molecule is CCCCCCCCCCCCCCCCCCCCCC(=O)OC[C@H](COP(=O)(O)OC[C@@H](O)COP(=O)(O)OC[C@@H](COC(=O)CCCCCCC)OC(=O)CCCCCCCCCCCCCCCCCCCC)OC(=O)CCCCCCCCCCCCCCCCCCCCC(C)CC. The number of phosphoric acid groups is 2. The van der Waals surface area contributed by atoms with Crippen LogP contribution in [0.4, 0.5) is 0 Å². The van der Waals surface area contributed by atoms with E-state index >= 15 is 0 Å². The lowest BCUT2D eigenvalue weighted by atomic mass is 9.99. The number of rotatable bonds is 85. The minimum Gasteiger partial charge on any atom is -0.462 e. The van der Waals surface area contributed by atoms with Gasteiger partial charge in [-0.05, 0) is 31.6 Å². The van der Waals surface area contributed by atoms with E-state index in [9.17, 15) is 43.2 Å². The molecule has 618 valence electrons. The molecule has 0 saturated carbocycles. The molecule has 0 spiro atoms. The van der Waals surface area contributed by atoms with Gasteiger partial charge in [-0.2, -0.15) is 0 Å². The molecule has 104 heavy (non-hydrogen) atoms. The van der Waals surface area contributed by atoms with Crippen LogP contribution in [0.1, 0.15) is 458 Å². The molecule has 0 aliphatic heterocycles. The Morgan fingerprint density at radius 3 is 0.683 bits per heavy atom. The molecule has 0 rings (SSSR count). The number of phosphoric ester groups is 2. The first-order chi connectivity index (χ1) is 50.6. The maximum atomic E-state index is 13.1. The second-order valence-electron chi connectivity index (χ2n) is 30.8. The number of hydrogen-bond donors (Lipinski definition) is 3. The van der Waals surface area contributed by atoms with Gasteiger partial charge in [0.1, 0.15) is 19.3 Å². The van der Waals surface area contributed by atoms with Crippen LogP contribution in [0.5, 0.6) is 0 Å². The van der Waals surface area contributed by atoms with Crippen LogP contribution in [0.2, 0.25) is 0 Å². The fourth-order valence-electron chi connectivity index (χ4n) is 13.3. The number of carbonyl (C=O) groups excluding carboxylic acids is 4. The van der Waals surface area contributed by atoms with Gasteiger partial charge in [-0.25, -0.2) is 9.13 Å². The Hall–Kier alpha value is -1.94. The Morgan fingerprint density at radius 1 is 0.269 bits per heavy atom. The lowest BCUT2D eigenvalue weighted by molar-refractivity contribution is -0.161. The summed E-state index contributed by atoms with van der Waals surface area (Å²) < 4.78 is 68.6. The third kappa shape index (κ3) is 76.8. The summed E-state index contributed by atoms with van der Waals surface area (Å²) in [6.45, 7) is 7.33. The first-order valence-corrected chi connectivity index (χ1v) is 47.2. The second kappa shape index (κ2) is 77.8. The van der Waals surface area contributed by atoms with E-state index in [0.717, 1.165) is 102 Å². The maximum Gasteiger partial charge on any atom is 0.472 e. The van der Waals surface area contributed by atoms with Crippen LogP contribution in [0, 0.1) is 5.92 Å². The van der Waals surface area contributed by atoms with Crippen molar-refractivity contribution in [3.8, 4) is 0 Å². The van der Waals surface area contributed by atoms with E-state index in [0.29, 0.717) is 25.7 Å². The lowest BCUT2D eigenvalue weighted by Crippen LogP contribution is -2.30. The average molecular weight is 1520 g/mol. The Morgan fingerprint density at radius 2 is 0.462 bits per heavy atom. The third-order valence-electron chi connectivity index (χ3n) is 20.4. The van der Waals surface area contributed by atoms with Crippen molar-refractivity contribution in [2.45, 2.75) is 477 Å². The molecule has 0 amide bonds. The van der Waals surface area contributed by atoms with Crippen molar-refractivity contribution in [2.75, 3.05) is 39.6 Å². The van der Waals surface area contributed by atoms with E-state index in [1.54, 1.807) is 0 Å². The van der Waals surface area contributed by atoms with E-state index in [-0.39, 0.29) is 25.7 Å². The summed E-state index contributed by atoms with van der Waals surface area (Å²) in [7, 11) is -9.91. The molecule has 0 aromatic carbocycles. The van der Waals surface area contributed by atoms with Crippen molar-refractivity contribution in [3.05, 3.63) is 0 Å². The number of esters is 4. The zero-order valence-electron chi connectivity index (χ0n) is 68.2. The molecule has 0 fully saturated rings. The largest absolute Gasteiger partial charge is 0.472 e. The zero-order valence-corrected chi connectivity index (χ0v) is 70.0. The summed E-state index contributed by atoms with van der Waals surface area (Å²) in [5.41, 5.74) is 0. The van der Waals surface area contributed by atoms with Crippen LogP contribution < -0.4 is 0 Å². The van der Waals surface area contributed by atoms with Gasteiger partial charge in [0.15, 0.2) is 12.2 Å². The Balaban J connectivity index is 5.10. The molecule has 0 heterocycles. The molecule has 0 bridgehead atoms. The highest BCUT2D eigenvalue weighted by Crippen LogP contribution is 2.45. The number of unbranched alkanes of at least 4 members (excludes halogenated alkanes) is 56. The summed E-state index contributed by atoms with van der Waals surface area (Å²) >= 11 is 0. The Labute approximate surface area is 638 Å². The summed E-state index contributed by atoms with van der Waals surface area (Å²) in [4.78, 5) is 72.9. The smallest absolute Gasteiger partial charge is 0.462 e. The molecule has 3 N–H and O–H groups in total. The molecule has 0 radical (unpaired) electrons. The fourth-order valence-corrected chi connectivity index (χ4v) is 14.8. The highest BCUT2D eigenvalue weighted by atomic mass is 31.2. The van der Waals surface area contributed by atoms with Gasteiger partial charge in [0.2, 0.25) is 0 Å². The van der Waals surface area contributed by atoms with E-state index in [4.69, 9.17) is 37.0 Å². The Kier molecular flexibility index (Phi) is 76.3. The fraction of sp³-hybridized carbons (Fsp3) is 0.953. The number of carbonyl (C=O) groups is 4. The van der Waals surface area contributed by atoms with Gasteiger partial charge in [-0.1, -0.05) is 407 Å². The van der Waals surface area contributed by atoms with Gasteiger partial charge < -0.3 is 33.8 Å². The molecule has 0 aliphatic rings. The minimum absolute atomic E-state index is 0.108. The van der Waals surface area contributed by atoms with Crippen molar-refractivity contribution in [2.24, 2.45) is 5.92 Å². The summed E-state index contributed by atoms with van der Waals surface area (Å²) in [6, 6.07) is 0. The summed E-state index contributed by atoms with van der Waals surface area (Å²) in [5, 5.41) is 10.6. The third-order valence-corrected chi connectivity index (χ3v) is 22.3. The Bertz CT molecular complexity index is 1980. The van der Waals surface area contributed by atoms with Gasteiger partial charge in [0, 0.05) is 25.7 Å². The van der Waals surface area contributed by atoms with Crippen molar-refractivity contribution in [1.82, 2.24) is 0 Å². The molecule has 0 aromatic heterocycles. The minimum atomic E-state index is -4.96. The maximum absolute atomic E-state index is 13.1. The molecular formula is C85H166O17P2. The van der Waals surface area contributed by atoms with Crippen LogP contribution in [-0.4, -0.2) is 96.7 Å². The first-order valence-electron chi connectivity index (χ1n) is 44.2. The van der Waals surface area contributed by atoms with Gasteiger partial charge in [-0.3, -0.25) is 37.3 Å². The van der Waals surface area contributed by atoms with E-state index in [1.807, 2.05) is 0 Å². The second-order valence-corrected chi connectivity index (χ2v) is 33.7. The number of hydrogen-bond acceptors (Lipinski definition) is 15. The normalized spacial score (nSPS) is 14.0. The van der Waals surface area contributed by atoms with Crippen LogP contribution in [0.15, 0.2) is 0 Å². The van der Waals surface area contributed by atoms with Crippen molar-refractivity contribution < 1.29 is 80.2 Å². The van der Waals surface area contributed by atoms with Gasteiger partial charge in [0.25, 0.3) is 0 Å². The zero-order chi connectivity index (χ0) is 76.2. The standard InChI is InChI=1S/C85H166O17P2/c1-6-10-13-16-18-20-22-24-26-28-30-35-38-42-46-50-54-59-64-69-83(88)96-75-81(102-85(90)71-66-61-56-52-48-44-40-36-32-31-33-37-41-45-49-53-58-62-67-78(5)9-4)77-100-104(93,94)98-73-79(86)72-97-103(91,92)99-76-80(74-95-82(87)68-63-57-15-12-8-3)101-84(89)70-65-60-55-51-47-43-39-34-29-27-25-23-21-19-17-14-11-7-2/h78-81,86H,6-77H2,1-5H3,(H,91,92)(H,93,94)/t78?,79-,80+,81+/m0/s1. The summed E-state index contributed by atoms with van der Waals surface area (Å²) in [6.07, 6.45) is 71.3. The van der Waals surface area contributed by atoms with Crippen LogP contribution >= 0.6 is 15.6 Å². The highest BCUT2D eigenvalue weighted by molar-refractivity contribution is 7.47. The quantitative estimate of drug-likeness (QED) is 0.0222. The predicted octanol–water partition coefficient (Wildman–Crippen LogP) is 26.0. The van der Waals surface area contributed by atoms with Crippen molar-refractivity contribution >= 4 is 39.5 Å². The van der Waals surface area contributed by atoms with Gasteiger partial charge >= 0.3 is 39.5 Å². The van der Waals surface area contributed by atoms with Crippen LogP contribution in [0.3, 0.4) is 0 Å². The first kappa shape index (κ1) is 102. The van der Waals surface area contributed by atoms with E-state index < -0.39 is 97.5 Å². The number of aliphatic hydroxyl groups excluding tert-OH is 1. The summed E-state index contributed by atoms with van der Waals surface area (Å²) in [5.74, 6) is -1.24. The van der Waals surface area contributed by atoms with Crippen molar-refractivity contribution in [3.63, 3.8) is 0 Å². The molecule has 17 nitrogen and oxygen atoms in total. The van der Waals surface area contributed by atoms with E-state index in [1.165, 1.54) is 276 Å². The molecular weight excluding hydrogens is 1350 g/mol. The monoisotopic (exact) mass is 1520 g/mol. The molecule has 19 heteroatoms. The van der Waals surface area contributed by atoms with Gasteiger partial charge in [-0.15, -0.1) is 0 Å². The van der Waals surface area contributed by atoms with Crippen molar-refractivity contribution in [1.29, 1.82) is 0 Å². The van der Waals surface area contributed by atoms with Gasteiger partial charge in [0.05, 0.1) is 26.4 Å². The predicted molar refractivity (Wildman–Crippen MR) is 428 cm³/mol. The molecule has 3 unspecified atom stereocenters. The highest BCUT2D eigenvalue weighted by Gasteiger charge is 2.30. The lowest BCUT2D eigenvalue weighted by Gasteiger charge is -2.21. The number of aliphatic hydroxyl groups is 1. The van der Waals surface area contributed by atoms with E-state index in [2.05, 4.69) is 34.6 Å². The van der Waals surface area contributed by atoms with Crippen LogP contribution in [0.25, 0.3) is 0 Å². The van der Waals surface area contributed by atoms with Crippen LogP contribution in [-0.2, 0) is 65.4 Å². The molecule has 6 atom stereocenters. The average Bonchev–Trinajstić information content (AvgIpc) is 0.905.